The molecule has 0 amide bonds. The van der Waals surface area contributed by atoms with E-state index in [0.29, 0.717) is 0 Å². The van der Waals surface area contributed by atoms with Crippen molar-refractivity contribution >= 4 is 5.97 Å². The first-order valence-corrected chi connectivity index (χ1v) is 7.12. The van der Waals surface area contributed by atoms with Crippen LogP contribution in [0.25, 0.3) is 0 Å². The summed E-state index contributed by atoms with van der Waals surface area (Å²) in [6.45, 7) is 7.56. The maximum absolute atomic E-state index is 11.5. The first-order chi connectivity index (χ1) is 8.56. The highest BCUT2D eigenvalue weighted by atomic mass is 16.5. The van der Waals surface area contributed by atoms with Gasteiger partial charge in [-0.1, -0.05) is 26.7 Å². The Balaban J connectivity index is 2.65. The Labute approximate surface area is 111 Å². The molecule has 2 N–H and O–H groups in total. The summed E-state index contributed by atoms with van der Waals surface area (Å²) in [6.07, 6.45) is 5.66. The first kappa shape index (κ1) is 15.4. The van der Waals surface area contributed by atoms with E-state index in [1.54, 1.807) is 0 Å². The van der Waals surface area contributed by atoms with Gasteiger partial charge in [0.15, 0.2) is 0 Å². The minimum atomic E-state index is -0.469. The topological polar surface area (TPSA) is 55.6 Å². The van der Waals surface area contributed by atoms with Crippen molar-refractivity contribution in [2.24, 2.45) is 11.1 Å². The van der Waals surface area contributed by atoms with Gasteiger partial charge in [0.2, 0.25) is 0 Å². The zero-order valence-corrected chi connectivity index (χ0v) is 12.1. The summed E-state index contributed by atoms with van der Waals surface area (Å²) in [7, 11) is 1.41. The zero-order valence-electron chi connectivity index (χ0n) is 12.1. The lowest BCUT2D eigenvalue weighted by Gasteiger charge is -2.36. The zero-order chi connectivity index (χ0) is 13.6. The van der Waals surface area contributed by atoms with Gasteiger partial charge >= 0.3 is 5.97 Å². The van der Waals surface area contributed by atoms with Crippen LogP contribution < -0.4 is 5.73 Å². The van der Waals surface area contributed by atoms with Crippen LogP contribution in [0.2, 0.25) is 0 Å². The fraction of sp³-hybridized carbons (Fsp3) is 0.929. The van der Waals surface area contributed by atoms with Gasteiger partial charge in [-0.3, -0.25) is 4.79 Å². The molecule has 0 bridgehead atoms. The highest BCUT2D eigenvalue weighted by Gasteiger charge is 2.38. The van der Waals surface area contributed by atoms with Gasteiger partial charge in [0, 0.05) is 6.54 Å². The van der Waals surface area contributed by atoms with Gasteiger partial charge in [-0.05, 0) is 37.8 Å². The van der Waals surface area contributed by atoms with Crippen LogP contribution in [-0.2, 0) is 9.53 Å². The molecule has 0 aliphatic heterocycles. The van der Waals surface area contributed by atoms with E-state index in [4.69, 9.17) is 10.5 Å². The van der Waals surface area contributed by atoms with Crippen LogP contribution >= 0.6 is 0 Å². The van der Waals surface area contributed by atoms with E-state index in [1.807, 2.05) is 0 Å². The highest BCUT2D eigenvalue weighted by Crippen LogP contribution is 2.42. The molecule has 1 aliphatic carbocycles. The second-order valence-corrected chi connectivity index (χ2v) is 5.50. The predicted octanol–water partition coefficient (Wildman–Crippen LogP) is 1.78. The van der Waals surface area contributed by atoms with Gasteiger partial charge in [-0.15, -0.1) is 0 Å². The average Bonchev–Trinajstić information content (AvgIpc) is 2.83. The van der Waals surface area contributed by atoms with Crippen molar-refractivity contribution in [2.75, 3.05) is 26.7 Å². The molecule has 1 aliphatic rings. The van der Waals surface area contributed by atoms with Crippen molar-refractivity contribution in [2.45, 2.75) is 52.0 Å². The third-order valence-electron chi connectivity index (χ3n) is 4.27. The van der Waals surface area contributed by atoms with Gasteiger partial charge < -0.3 is 15.4 Å². The molecule has 0 saturated heterocycles. The Morgan fingerprint density at radius 3 is 2.33 bits per heavy atom. The molecule has 4 nitrogen and oxygen atoms in total. The van der Waals surface area contributed by atoms with Crippen LogP contribution in [0.15, 0.2) is 0 Å². The molecule has 0 aromatic carbocycles. The number of methoxy groups -OCH3 is 1. The fourth-order valence-corrected chi connectivity index (χ4v) is 3.17. The van der Waals surface area contributed by atoms with Gasteiger partial charge in [0.1, 0.15) is 6.04 Å². The van der Waals surface area contributed by atoms with Crippen LogP contribution in [0.5, 0.6) is 0 Å². The number of ether oxygens (including phenoxy) is 1. The molecule has 0 spiro atoms. The standard InChI is InChI=1S/C14H28N2O2/c1-4-16(5-2)11-14(8-6-7-9-14)10-12(15)13(17)18-3/h12H,4-11,15H2,1-3H3. The lowest BCUT2D eigenvalue weighted by atomic mass is 9.79. The summed E-state index contributed by atoms with van der Waals surface area (Å²) >= 11 is 0. The smallest absolute Gasteiger partial charge is 0.322 e. The molecule has 0 aromatic heterocycles. The van der Waals surface area contributed by atoms with Gasteiger partial charge in [-0.25, -0.2) is 0 Å². The van der Waals surface area contributed by atoms with E-state index in [9.17, 15) is 4.79 Å². The quantitative estimate of drug-likeness (QED) is 0.705. The molecule has 0 aromatic rings. The molecular weight excluding hydrogens is 228 g/mol. The maximum Gasteiger partial charge on any atom is 0.322 e. The molecular formula is C14H28N2O2. The lowest BCUT2D eigenvalue weighted by molar-refractivity contribution is -0.143. The molecule has 106 valence electrons. The second kappa shape index (κ2) is 7.10. The van der Waals surface area contributed by atoms with Crippen molar-refractivity contribution in [1.82, 2.24) is 4.90 Å². The summed E-state index contributed by atoms with van der Waals surface area (Å²) in [5.41, 5.74) is 6.18. The lowest BCUT2D eigenvalue weighted by Crippen LogP contribution is -2.43. The molecule has 1 rings (SSSR count). The van der Waals surface area contributed by atoms with Crippen LogP contribution in [0.4, 0.5) is 0 Å². The normalized spacial score (nSPS) is 20.1. The maximum atomic E-state index is 11.5. The largest absolute Gasteiger partial charge is 0.468 e. The number of nitrogens with zero attached hydrogens (tertiary/aromatic N) is 1. The number of carbonyl (C=O) groups is 1. The molecule has 1 fully saturated rings. The molecule has 18 heavy (non-hydrogen) atoms. The second-order valence-electron chi connectivity index (χ2n) is 5.50. The molecule has 1 unspecified atom stereocenters. The number of hydrogen-bond donors (Lipinski definition) is 1. The van der Waals surface area contributed by atoms with Crippen molar-refractivity contribution < 1.29 is 9.53 Å². The summed E-state index contributed by atoms with van der Waals surface area (Å²) in [6, 6.07) is -0.469. The molecule has 4 heteroatoms. The first-order valence-electron chi connectivity index (χ1n) is 7.12. The summed E-state index contributed by atoms with van der Waals surface area (Å²) in [4.78, 5) is 13.9. The number of rotatable bonds is 7. The van der Waals surface area contributed by atoms with E-state index in [-0.39, 0.29) is 11.4 Å². The average molecular weight is 256 g/mol. The van der Waals surface area contributed by atoms with E-state index >= 15 is 0 Å². The number of carbonyl (C=O) groups excluding carboxylic acids is 1. The summed E-state index contributed by atoms with van der Waals surface area (Å²) in [5, 5.41) is 0. The van der Waals surface area contributed by atoms with Crippen LogP contribution in [-0.4, -0.2) is 43.7 Å². The molecule has 1 saturated carbocycles. The van der Waals surface area contributed by atoms with E-state index in [0.717, 1.165) is 26.1 Å². The number of esters is 1. The predicted molar refractivity (Wildman–Crippen MR) is 73.3 cm³/mol. The number of hydrogen-bond acceptors (Lipinski definition) is 4. The Morgan fingerprint density at radius 1 is 1.33 bits per heavy atom. The van der Waals surface area contributed by atoms with E-state index < -0.39 is 6.04 Å². The Kier molecular flexibility index (Phi) is 6.09. The minimum absolute atomic E-state index is 0.222. The van der Waals surface area contributed by atoms with Crippen molar-refractivity contribution in [1.29, 1.82) is 0 Å². The van der Waals surface area contributed by atoms with Crippen molar-refractivity contribution in [3.05, 3.63) is 0 Å². The molecule has 0 heterocycles. The van der Waals surface area contributed by atoms with Crippen LogP contribution in [0.1, 0.15) is 46.0 Å². The monoisotopic (exact) mass is 256 g/mol. The minimum Gasteiger partial charge on any atom is -0.468 e. The van der Waals surface area contributed by atoms with Crippen molar-refractivity contribution in [3.63, 3.8) is 0 Å². The van der Waals surface area contributed by atoms with E-state index in [1.165, 1.54) is 32.8 Å². The third kappa shape index (κ3) is 3.95. The van der Waals surface area contributed by atoms with Gasteiger partial charge in [0.25, 0.3) is 0 Å². The third-order valence-corrected chi connectivity index (χ3v) is 4.27. The summed E-state index contributed by atoms with van der Waals surface area (Å²) in [5.74, 6) is -0.277. The molecule has 1 atom stereocenters. The SMILES string of the molecule is CCN(CC)CC1(CC(N)C(=O)OC)CCCC1. The van der Waals surface area contributed by atoms with Crippen LogP contribution in [0.3, 0.4) is 0 Å². The number of nitrogens with two attached hydrogens (primary N) is 1. The van der Waals surface area contributed by atoms with Gasteiger partial charge in [0.05, 0.1) is 7.11 Å². The Hall–Kier alpha value is -0.610. The van der Waals surface area contributed by atoms with Crippen molar-refractivity contribution in [3.8, 4) is 0 Å². The summed E-state index contributed by atoms with van der Waals surface area (Å²) < 4.78 is 4.75. The highest BCUT2D eigenvalue weighted by molar-refractivity contribution is 5.75. The Morgan fingerprint density at radius 2 is 1.89 bits per heavy atom. The van der Waals surface area contributed by atoms with Gasteiger partial charge in [-0.2, -0.15) is 0 Å². The van der Waals surface area contributed by atoms with Crippen LogP contribution in [0, 0.1) is 5.41 Å². The van der Waals surface area contributed by atoms with E-state index in [2.05, 4.69) is 18.7 Å². The Bertz CT molecular complexity index is 259. The molecule has 0 radical (unpaired) electrons. The fourth-order valence-electron chi connectivity index (χ4n) is 3.17.